The fourth-order valence-electron chi connectivity index (χ4n) is 3.99. The molecule has 5 heterocycles. The van der Waals surface area contributed by atoms with Crippen molar-refractivity contribution in [2.24, 2.45) is 12.8 Å². The van der Waals surface area contributed by atoms with Crippen molar-refractivity contribution in [2.75, 3.05) is 5.73 Å². The summed E-state index contributed by atoms with van der Waals surface area (Å²) in [5, 5.41) is 5.99. The van der Waals surface area contributed by atoms with Crippen LogP contribution in [0, 0.1) is 11.8 Å². The molecule has 0 unspecified atom stereocenters. The van der Waals surface area contributed by atoms with Gasteiger partial charge >= 0.3 is 0 Å². The first-order chi connectivity index (χ1) is 18.9. The Morgan fingerprint density at radius 1 is 1.15 bits per heavy atom. The molecule has 5 aromatic heterocycles. The molecule has 0 radical (unpaired) electrons. The van der Waals surface area contributed by atoms with Gasteiger partial charge in [0.25, 0.3) is 11.5 Å². The molecule has 11 nitrogen and oxygen atoms in total. The normalized spacial score (nSPS) is 10.6. The molecule has 0 spiro atoms. The van der Waals surface area contributed by atoms with E-state index in [0.29, 0.717) is 28.3 Å². The van der Waals surface area contributed by atoms with E-state index in [9.17, 15) is 9.59 Å². The van der Waals surface area contributed by atoms with Gasteiger partial charge in [-0.15, -0.1) is 11.3 Å². The van der Waals surface area contributed by atoms with Crippen LogP contribution in [0.25, 0.3) is 21.7 Å². The molecular formula is C27H23N9O2S. The van der Waals surface area contributed by atoms with E-state index in [0.717, 1.165) is 16.8 Å². The molecule has 0 fully saturated rings. The van der Waals surface area contributed by atoms with Crippen molar-refractivity contribution in [1.82, 2.24) is 33.5 Å². The molecule has 0 bridgehead atoms. The Kier molecular flexibility index (Phi) is 6.90. The zero-order valence-electron chi connectivity index (χ0n) is 21.1. The van der Waals surface area contributed by atoms with Crippen LogP contribution in [0.15, 0.2) is 71.6 Å². The quantitative estimate of drug-likeness (QED) is 0.329. The zero-order valence-corrected chi connectivity index (χ0v) is 21.9. The summed E-state index contributed by atoms with van der Waals surface area (Å²) >= 11 is 1.43. The second-order valence-corrected chi connectivity index (χ2v) is 9.21. The van der Waals surface area contributed by atoms with Crippen LogP contribution in [0.1, 0.15) is 34.2 Å². The van der Waals surface area contributed by atoms with E-state index in [-0.39, 0.29) is 16.9 Å². The number of nitrogens with zero attached hydrogens (tertiary/aromatic N) is 7. The molecule has 0 atom stereocenters. The van der Waals surface area contributed by atoms with Crippen LogP contribution in [0.2, 0.25) is 0 Å². The van der Waals surface area contributed by atoms with E-state index in [1.807, 2.05) is 55.9 Å². The largest absolute Gasteiger partial charge is 0.383 e. The minimum Gasteiger partial charge on any atom is -0.383 e. The van der Waals surface area contributed by atoms with Crippen molar-refractivity contribution < 1.29 is 4.79 Å². The number of aryl methyl sites for hydroxylation is 2. The SMILES string of the molecule is CCc1nc2scc(C#Cc3cnn(C)c3)n2c(=O)c1-c1ccccc1.NC(=O)c1c(N)ncn2ccnc12. The predicted molar refractivity (Wildman–Crippen MR) is 149 cm³/mol. The molecule has 6 rings (SSSR count). The van der Waals surface area contributed by atoms with Crippen LogP contribution in [-0.2, 0) is 13.5 Å². The van der Waals surface area contributed by atoms with E-state index in [2.05, 4.69) is 26.9 Å². The first-order valence-corrected chi connectivity index (χ1v) is 12.7. The van der Waals surface area contributed by atoms with Crippen LogP contribution < -0.4 is 17.0 Å². The van der Waals surface area contributed by atoms with E-state index in [4.69, 9.17) is 16.5 Å². The Morgan fingerprint density at radius 3 is 2.64 bits per heavy atom. The third-order valence-corrected chi connectivity index (χ3v) is 6.62. The molecule has 0 aliphatic rings. The van der Waals surface area contributed by atoms with E-state index in [1.165, 1.54) is 17.7 Å². The van der Waals surface area contributed by atoms with Crippen molar-refractivity contribution in [3.05, 3.63) is 99.7 Å². The summed E-state index contributed by atoms with van der Waals surface area (Å²) < 4.78 is 4.89. The summed E-state index contributed by atoms with van der Waals surface area (Å²) in [7, 11) is 1.85. The number of hydrogen-bond acceptors (Lipinski definition) is 8. The van der Waals surface area contributed by atoms with Crippen LogP contribution in [0.5, 0.6) is 0 Å². The van der Waals surface area contributed by atoms with Crippen LogP contribution >= 0.6 is 11.3 Å². The first kappa shape index (κ1) is 25.4. The lowest BCUT2D eigenvalue weighted by Crippen LogP contribution is -2.19. The number of hydrogen-bond donors (Lipinski definition) is 2. The Hall–Kier alpha value is -5.28. The maximum Gasteiger partial charge on any atom is 0.267 e. The highest BCUT2D eigenvalue weighted by atomic mass is 32.1. The maximum atomic E-state index is 13.3. The highest BCUT2D eigenvalue weighted by Crippen LogP contribution is 2.22. The number of benzene rings is 1. The number of nitrogens with two attached hydrogens (primary N) is 2. The number of carbonyl (C=O) groups is 1. The van der Waals surface area contributed by atoms with Gasteiger partial charge in [-0.3, -0.25) is 18.7 Å². The lowest BCUT2D eigenvalue weighted by atomic mass is 10.0. The van der Waals surface area contributed by atoms with E-state index in [1.54, 1.807) is 32.1 Å². The minimum absolute atomic E-state index is 0.0743. The number of nitrogen functional groups attached to an aromatic ring is 1. The number of rotatable bonds is 3. The summed E-state index contributed by atoms with van der Waals surface area (Å²) in [5.74, 6) is 5.62. The monoisotopic (exact) mass is 537 g/mol. The lowest BCUT2D eigenvalue weighted by Gasteiger charge is -2.07. The molecule has 39 heavy (non-hydrogen) atoms. The summed E-state index contributed by atoms with van der Waals surface area (Å²) in [6.45, 7) is 2.02. The van der Waals surface area contributed by atoms with Gasteiger partial charge in [0.2, 0.25) is 0 Å². The van der Waals surface area contributed by atoms with E-state index >= 15 is 0 Å². The molecule has 6 aromatic rings. The highest BCUT2D eigenvalue weighted by Gasteiger charge is 2.16. The third kappa shape index (κ3) is 4.98. The average molecular weight is 538 g/mol. The third-order valence-electron chi connectivity index (χ3n) is 5.80. The van der Waals surface area contributed by atoms with Crippen LogP contribution in [-0.4, -0.2) is 39.4 Å². The Labute approximate surface area is 226 Å². The smallest absolute Gasteiger partial charge is 0.267 e. The summed E-state index contributed by atoms with van der Waals surface area (Å²) in [4.78, 5) is 37.4. The second-order valence-electron chi connectivity index (χ2n) is 8.38. The first-order valence-electron chi connectivity index (χ1n) is 11.8. The van der Waals surface area contributed by atoms with Gasteiger partial charge in [-0.2, -0.15) is 5.10 Å². The van der Waals surface area contributed by atoms with Crippen LogP contribution in [0.3, 0.4) is 0 Å². The molecule has 194 valence electrons. The van der Waals surface area contributed by atoms with Gasteiger partial charge in [-0.1, -0.05) is 43.2 Å². The number of amides is 1. The fourth-order valence-corrected chi connectivity index (χ4v) is 4.82. The molecule has 0 aliphatic heterocycles. The second kappa shape index (κ2) is 10.6. The van der Waals surface area contributed by atoms with Crippen molar-refractivity contribution in [3.63, 3.8) is 0 Å². The number of imidazole rings is 1. The topological polar surface area (TPSA) is 151 Å². The molecule has 0 saturated carbocycles. The number of fused-ring (bicyclic) bond motifs is 2. The molecule has 1 aromatic carbocycles. The standard InChI is InChI=1S/C20H16N4OS.C7H7N5O/c1-3-17-18(15-7-5-4-6-8-15)19(25)24-16(13-26-20(24)22-17)10-9-14-11-21-23(2)12-14;8-5-4(6(9)13)7-10-1-2-12(7)3-11-5/h4-8,11-13H,3H2,1-2H3;1-3H,8H2,(H2,9,13). The van der Waals surface area contributed by atoms with Gasteiger partial charge in [0.1, 0.15) is 23.4 Å². The number of primary amides is 1. The minimum atomic E-state index is -0.623. The Balaban J connectivity index is 0.000000198. The van der Waals surface area contributed by atoms with Crippen molar-refractivity contribution in [1.29, 1.82) is 0 Å². The zero-order chi connectivity index (χ0) is 27.5. The lowest BCUT2D eigenvalue weighted by molar-refractivity contribution is 0.100. The molecular weight excluding hydrogens is 514 g/mol. The van der Waals surface area contributed by atoms with Crippen molar-refractivity contribution in [3.8, 4) is 23.0 Å². The van der Waals surface area contributed by atoms with Crippen molar-refractivity contribution >= 4 is 33.7 Å². The molecule has 0 aliphatic carbocycles. The van der Waals surface area contributed by atoms with Crippen LogP contribution in [0.4, 0.5) is 5.82 Å². The molecule has 4 N–H and O–H groups in total. The fraction of sp³-hybridized carbons (Fsp3) is 0.111. The van der Waals surface area contributed by atoms with Gasteiger partial charge in [0.05, 0.1) is 23.0 Å². The Morgan fingerprint density at radius 2 is 1.95 bits per heavy atom. The maximum absolute atomic E-state index is 13.3. The van der Waals surface area contributed by atoms with Crippen molar-refractivity contribution in [2.45, 2.75) is 13.3 Å². The van der Waals surface area contributed by atoms with Gasteiger partial charge in [0, 0.05) is 31.0 Å². The number of aromatic nitrogens is 7. The van der Waals surface area contributed by atoms with Gasteiger partial charge in [0.15, 0.2) is 10.6 Å². The number of carbonyl (C=O) groups excluding carboxylic acids is 1. The summed E-state index contributed by atoms with van der Waals surface area (Å²) in [5.41, 5.74) is 14.9. The summed E-state index contributed by atoms with van der Waals surface area (Å²) in [6, 6.07) is 9.68. The van der Waals surface area contributed by atoms with Gasteiger partial charge in [-0.05, 0) is 17.9 Å². The van der Waals surface area contributed by atoms with E-state index < -0.39 is 5.91 Å². The number of thiazole rings is 1. The number of anilines is 1. The highest BCUT2D eigenvalue weighted by molar-refractivity contribution is 7.15. The average Bonchev–Trinajstić information content (AvgIpc) is 3.67. The van der Waals surface area contributed by atoms with Gasteiger partial charge < -0.3 is 11.5 Å². The molecule has 1 amide bonds. The Bertz CT molecular complexity index is 1940. The molecule has 0 saturated heterocycles. The predicted octanol–water partition coefficient (Wildman–Crippen LogP) is 2.53. The summed E-state index contributed by atoms with van der Waals surface area (Å²) in [6.07, 6.45) is 8.92. The molecule has 12 heteroatoms. The van der Waals surface area contributed by atoms with Gasteiger partial charge in [-0.25, -0.2) is 19.4 Å².